The van der Waals surface area contributed by atoms with Gasteiger partial charge in [0.2, 0.25) is 0 Å². The van der Waals surface area contributed by atoms with Gasteiger partial charge in [0.1, 0.15) is 5.78 Å². The van der Waals surface area contributed by atoms with Gasteiger partial charge in [-0.25, -0.2) is 0 Å². The number of carbonyl (C=O) groups is 1. The minimum Gasteiger partial charge on any atom is -0.300 e. The number of carbonyl (C=O) groups excluding carboxylic acids is 1. The second-order valence-corrected chi connectivity index (χ2v) is 4.27. The maximum Gasteiger partial charge on any atom is 0.132 e. The Hall–Kier alpha value is -1.11. The molecule has 0 N–H and O–H groups in total. The summed E-state index contributed by atoms with van der Waals surface area (Å²) in [6, 6.07) is 4.39. The topological polar surface area (TPSA) is 17.1 Å². The van der Waals surface area contributed by atoms with Crippen molar-refractivity contribution >= 4 is 5.78 Å². The summed E-state index contributed by atoms with van der Waals surface area (Å²) in [5.41, 5.74) is 5.28. The average Bonchev–Trinajstić information content (AvgIpc) is 2.15. The summed E-state index contributed by atoms with van der Waals surface area (Å²) < 4.78 is 0. The van der Waals surface area contributed by atoms with E-state index < -0.39 is 0 Å². The second-order valence-electron chi connectivity index (χ2n) is 4.27. The number of ketones is 1. The Morgan fingerprint density at radius 2 is 1.67 bits per heavy atom. The van der Waals surface area contributed by atoms with Gasteiger partial charge in [0, 0.05) is 12.8 Å². The zero-order valence-electron chi connectivity index (χ0n) is 10.2. The van der Waals surface area contributed by atoms with Crippen molar-refractivity contribution < 1.29 is 4.79 Å². The van der Waals surface area contributed by atoms with Crippen LogP contribution in [0.3, 0.4) is 0 Å². The largest absolute Gasteiger partial charge is 0.300 e. The van der Waals surface area contributed by atoms with Crippen molar-refractivity contribution in [2.45, 2.75) is 47.0 Å². The third-order valence-electron chi connectivity index (χ3n) is 2.89. The van der Waals surface area contributed by atoms with E-state index in [1.54, 1.807) is 0 Å². The van der Waals surface area contributed by atoms with Crippen LogP contribution in [0.2, 0.25) is 0 Å². The monoisotopic (exact) mass is 204 g/mol. The molecule has 1 nitrogen and oxygen atoms in total. The van der Waals surface area contributed by atoms with Crippen LogP contribution in [0.15, 0.2) is 12.1 Å². The highest BCUT2D eigenvalue weighted by Crippen LogP contribution is 2.18. The first-order valence-corrected chi connectivity index (χ1v) is 5.63. The standard InChI is InChI=1S/C14H20O/c1-5-13(15)6-7-14-11(3)8-10(2)9-12(14)4/h8-9H,5-7H2,1-4H3. The van der Waals surface area contributed by atoms with Crippen molar-refractivity contribution in [3.05, 3.63) is 34.4 Å². The molecule has 0 amide bonds. The van der Waals surface area contributed by atoms with Gasteiger partial charge in [0.25, 0.3) is 0 Å². The average molecular weight is 204 g/mol. The van der Waals surface area contributed by atoms with E-state index in [1.807, 2.05) is 6.92 Å². The van der Waals surface area contributed by atoms with Gasteiger partial charge in [-0.15, -0.1) is 0 Å². The van der Waals surface area contributed by atoms with Gasteiger partial charge in [-0.3, -0.25) is 4.79 Å². The maximum atomic E-state index is 11.3. The molecule has 0 saturated heterocycles. The normalized spacial score (nSPS) is 10.4. The summed E-state index contributed by atoms with van der Waals surface area (Å²) in [5.74, 6) is 0.356. The van der Waals surface area contributed by atoms with Crippen molar-refractivity contribution in [2.24, 2.45) is 0 Å². The van der Waals surface area contributed by atoms with Gasteiger partial charge in [0.15, 0.2) is 0 Å². The minimum absolute atomic E-state index is 0.356. The molecule has 0 saturated carbocycles. The number of rotatable bonds is 4. The van der Waals surface area contributed by atoms with Crippen LogP contribution >= 0.6 is 0 Å². The molecule has 0 bridgehead atoms. The fourth-order valence-electron chi connectivity index (χ4n) is 2.05. The molecule has 1 aromatic rings. The molecular weight excluding hydrogens is 184 g/mol. The highest BCUT2D eigenvalue weighted by Gasteiger charge is 2.06. The first-order valence-electron chi connectivity index (χ1n) is 5.63. The fraction of sp³-hybridized carbons (Fsp3) is 0.500. The predicted molar refractivity (Wildman–Crippen MR) is 64.3 cm³/mol. The number of hydrogen-bond donors (Lipinski definition) is 0. The van der Waals surface area contributed by atoms with Crippen molar-refractivity contribution in [3.63, 3.8) is 0 Å². The van der Waals surface area contributed by atoms with Gasteiger partial charge in [0.05, 0.1) is 0 Å². The van der Waals surface area contributed by atoms with E-state index in [1.165, 1.54) is 22.3 Å². The maximum absolute atomic E-state index is 11.3. The number of hydrogen-bond acceptors (Lipinski definition) is 1. The van der Waals surface area contributed by atoms with E-state index in [-0.39, 0.29) is 0 Å². The van der Waals surface area contributed by atoms with Crippen molar-refractivity contribution in [3.8, 4) is 0 Å². The third kappa shape index (κ3) is 3.19. The molecule has 0 aromatic heterocycles. The Kier molecular flexibility index (Phi) is 4.07. The minimum atomic E-state index is 0.356. The Morgan fingerprint density at radius 1 is 1.13 bits per heavy atom. The molecule has 82 valence electrons. The molecule has 15 heavy (non-hydrogen) atoms. The van der Waals surface area contributed by atoms with Gasteiger partial charge in [-0.2, -0.15) is 0 Å². The quantitative estimate of drug-likeness (QED) is 0.733. The smallest absolute Gasteiger partial charge is 0.132 e. The zero-order valence-corrected chi connectivity index (χ0v) is 10.2. The lowest BCUT2D eigenvalue weighted by molar-refractivity contribution is -0.118. The Balaban J connectivity index is 2.81. The molecule has 0 aliphatic heterocycles. The molecule has 0 atom stereocenters. The highest BCUT2D eigenvalue weighted by molar-refractivity contribution is 5.78. The molecule has 0 unspecified atom stereocenters. The van der Waals surface area contributed by atoms with Gasteiger partial charge >= 0.3 is 0 Å². The van der Waals surface area contributed by atoms with Gasteiger partial charge in [-0.1, -0.05) is 24.6 Å². The first kappa shape index (κ1) is 12.0. The van der Waals surface area contributed by atoms with E-state index in [2.05, 4.69) is 32.9 Å². The third-order valence-corrected chi connectivity index (χ3v) is 2.89. The molecular formula is C14H20O. The van der Waals surface area contributed by atoms with Crippen molar-refractivity contribution in [1.29, 1.82) is 0 Å². The molecule has 1 aromatic carbocycles. The molecule has 0 spiro atoms. The lowest BCUT2D eigenvalue weighted by Crippen LogP contribution is -2.01. The molecule has 0 heterocycles. The SMILES string of the molecule is CCC(=O)CCc1c(C)cc(C)cc1C. The number of aryl methyl sites for hydroxylation is 3. The molecule has 1 rings (SSSR count). The summed E-state index contributed by atoms with van der Waals surface area (Å²) in [7, 11) is 0. The Morgan fingerprint density at radius 3 is 2.13 bits per heavy atom. The van der Waals surface area contributed by atoms with Gasteiger partial charge < -0.3 is 0 Å². The lowest BCUT2D eigenvalue weighted by Gasteiger charge is -2.10. The zero-order chi connectivity index (χ0) is 11.4. The van der Waals surface area contributed by atoms with Crippen LogP contribution in [0.4, 0.5) is 0 Å². The van der Waals surface area contributed by atoms with E-state index in [0.717, 1.165) is 6.42 Å². The van der Waals surface area contributed by atoms with Crippen LogP contribution in [0.25, 0.3) is 0 Å². The summed E-state index contributed by atoms with van der Waals surface area (Å²) in [6.45, 7) is 8.30. The van der Waals surface area contributed by atoms with E-state index in [9.17, 15) is 4.79 Å². The van der Waals surface area contributed by atoms with Gasteiger partial charge in [-0.05, 0) is 43.9 Å². The molecule has 1 heteroatoms. The molecule has 0 aliphatic rings. The highest BCUT2D eigenvalue weighted by atomic mass is 16.1. The number of Topliss-reactive ketones (excluding diaryl/α,β-unsaturated/α-hetero) is 1. The Labute approximate surface area is 92.5 Å². The van der Waals surface area contributed by atoms with Crippen LogP contribution in [-0.4, -0.2) is 5.78 Å². The van der Waals surface area contributed by atoms with Crippen molar-refractivity contribution in [1.82, 2.24) is 0 Å². The van der Waals surface area contributed by atoms with Crippen LogP contribution in [0, 0.1) is 20.8 Å². The summed E-state index contributed by atoms with van der Waals surface area (Å²) >= 11 is 0. The van der Waals surface area contributed by atoms with E-state index >= 15 is 0 Å². The first-order chi connectivity index (χ1) is 7.04. The summed E-state index contributed by atoms with van der Waals surface area (Å²) in [5, 5.41) is 0. The second kappa shape index (κ2) is 5.11. The fourth-order valence-corrected chi connectivity index (χ4v) is 2.05. The van der Waals surface area contributed by atoms with E-state index in [0.29, 0.717) is 18.6 Å². The van der Waals surface area contributed by atoms with Crippen LogP contribution in [-0.2, 0) is 11.2 Å². The van der Waals surface area contributed by atoms with Crippen LogP contribution in [0.5, 0.6) is 0 Å². The predicted octanol–water partition coefficient (Wildman–Crippen LogP) is 3.52. The summed E-state index contributed by atoms with van der Waals surface area (Å²) in [6.07, 6.45) is 2.23. The lowest BCUT2D eigenvalue weighted by atomic mass is 9.95. The molecule has 0 fully saturated rings. The summed E-state index contributed by atoms with van der Waals surface area (Å²) in [4.78, 5) is 11.3. The molecule has 0 aliphatic carbocycles. The Bertz CT molecular complexity index is 341. The van der Waals surface area contributed by atoms with Crippen LogP contribution in [0.1, 0.15) is 42.0 Å². The van der Waals surface area contributed by atoms with Crippen molar-refractivity contribution in [2.75, 3.05) is 0 Å². The number of benzene rings is 1. The molecule has 0 radical (unpaired) electrons. The van der Waals surface area contributed by atoms with Crippen LogP contribution < -0.4 is 0 Å². The van der Waals surface area contributed by atoms with E-state index in [4.69, 9.17) is 0 Å².